The van der Waals surface area contributed by atoms with Gasteiger partial charge in [0.05, 0.1) is 22.3 Å². The monoisotopic (exact) mass is 302 g/mol. The van der Waals surface area contributed by atoms with E-state index in [1.54, 1.807) is 12.3 Å². The van der Waals surface area contributed by atoms with Gasteiger partial charge in [-0.2, -0.15) is 0 Å². The molecule has 2 heterocycles. The molecule has 2 N–H and O–H groups in total. The molecule has 0 unspecified atom stereocenters. The Balaban J connectivity index is 1.77. The molecular formula is C18H14N4O. The molecule has 1 amide bonds. The molecule has 0 radical (unpaired) electrons. The van der Waals surface area contributed by atoms with Crippen LogP contribution in [0.3, 0.4) is 0 Å². The fraction of sp³-hybridized carbons (Fsp3) is 0.0556. The second-order valence-corrected chi connectivity index (χ2v) is 5.36. The fourth-order valence-electron chi connectivity index (χ4n) is 2.73. The van der Waals surface area contributed by atoms with Gasteiger partial charge in [0, 0.05) is 11.6 Å². The largest absolute Gasteiger partial charge is 0.342 e. The van der Waals surface area contributed by atoms with Gasteiger partial charge in [0.25, 0.3) is 5.91 Å². The van der Waals surface area contributed by atoms with E-state index in [0.717, 1.165) is 22.2 Å². The Morgan fingerprint density at radius 2 is 1.87 bits per heavy atom. The van der Waals surface area contributed by atoms with Crippen molar-refractivity contribution in [2.24, 2.45) is 0 Å². The van der Waals surface area contributed by atoms with Crippen LogP contribution in [0.25, 0.3) is 21.9 Å². The van der Waals surface area contributed by atoms with Gasteiger partial charge in [-0.05, 0) is 31.2 Å². The van der Waals surface area contributed by atoms with Gasteiger partial charge in [0.15, 0.2) is 0 Å². The predicted octanol–water partition coefficient (Wildman–Crippen LogP) is 3.67. The molecule has 0 saturated carbocycles. The first-order valence-corrected chi connectivity index (χ1v) is 7.33. The van der Waals surface area contributed by atoms with Crippen LogP contribution >= 0.6 is 0 Å². The lowest BCUT2D eigenvalue weighted by molar-refractivity contribution is 0.102. The Labute approximate surface area is 132 Å². The normalized spacial score (nSPS) is 11.0. The maximum Gasteiger partial charge on any atom is 0.257 e. The second-order valence-electron chi connectivity index (χ2n) is 5.36. The van der Waals surface area contributed by atoms with Crippen LogP contribution in [0.15, 0.2) is 54.7 Å². The molecule has 0 saturated heterocycles. The van der Waals surface area contributed by atoms with Crippen molar-refractivity contribution < 1.29 is 4.79 Å². The minimum Gasteiger partial charge on any atom is -0.342 e. The van der Waals surface area contributed by atoms with Gasteiger partial charge >= 0.3 is 0 Å². The van der Waals surface area contributed by atoms with E-state index in [0.29, 0.717) is 16.8 Å². The first kappa shape index (κ1) is 13.5. The predicted molar refractivity (Wildman–Crippen MR) is 90.5 cm³/mol. The second kappa shape index (κ2) is 5.21. The summed E-state index contributed by atoms with van der Waals surface area (Å²) in [6, 6.07) is 15.1. The number of nitrogens with one attached hydrogen (secondary N) is 2. The number of nitrogens with zero attached hydrogens (tertiary/aromatic N) is 2. The number of amides is 1. The Kier molecular flexibility index (Phi) is 3.05. The number of imidazole rings is 1. The highest BCUT2D eigenvalue weighted by atomic mass is 16.1. The fourth-order valence-corrected chi connectivity index (χ4v) is 2.73. The van der Waals surface area contributed by atoms with E-state index >= 15 is 0 Å². The van der Waals surface area contributed by atoms with E-state index in [1.807, 2.05) is 49.4 Å². The molecule has 0 aliphatic carbocycles. The number of hydrogen-bond acceptors (Lipinski definition) is 3. The number of aromatic amines is 1. The molecule has 5 heteroatoms. The van der Waals surface area contributed by atoms with Crippen LogP contribution in [0.2, 0.25) is 0 Å². The van der Waals surface area contributed by atoms with Crippen molar-refractivity contribution in [3.05, 3.63) is 66.1 Å². The molecule has 2 aromatic heterocycles. The maximum absolute atomic E-state index is 12.7. The topological polar surface area (TPSA) is 70.7 Å². The highest BCUT2D eigenvalue weighted by molar-refractivity contribution is 6.13. The van der Waals surface area contributed by atoms with Crippen LogP contribution in [-0.4, -0.2) is 20.9 Å². The molecule has 112 valence electrons. The molecule has 0 bridgehead atoms. The average molecular weight is 302 g/mol. The van der Waals surface area contributed by atoms with Crippen LogP contribution in [-0.2, 0) is 0 Å². The first-order chi connectivity index (χ1) is 11.2. The number of rotatable bonds is 2. The molecule has 0 atom stereocenters. The summed E-state index contributed by atoms with van der Waals surface area (Å²) in [6.07, 6.45) is 1.72. The van der Waals surface area contributed by atoms with Crippen molar-refractivity contribution in [1.82, 2.24) is 15.0 Å². The van der Waals surface area contributed by atoms with Gasteiger partial charge < -0.3 is 10.3 Å². The van der Waals surface area contributed by atoms with E-state index < -0.39 is 0 Å². The maximum atomic E-state index is 12.7. The number of para-hydroxylation sites is 2. The Hall–Kier alpha value is -3.21. The molecule has 0 aliphatic rings. The number of carbonyl (C=O) groups is 1. The zero-order valence-electron chi connectivity index (χ0n) is 12.5. The van der Waals surface area contributed by atoms with Gasteiger partial charge in [-0.15, -0.1) is 0 Å². The third kappa shape index (κ3) is 2.32. The lowest BCUT2D eigenvalue weighted by atomic mass is 10.1. The van der Waals surface area contributed by atoms with Crippen molar-refractivity contribution in [3.8, 4) is 0 Å². The number of fused-ring (bicyclic) bond motifs is 2. The lowest BCUT2D eigenvalue weighted by Gasteiger charge is -2.08. The summed E-state index contributed by atoms with van der Waals surface area (Å²) in [5, 5.41) is 3.93. The number of aromatic nitrogens is 3. The summed E-state index contributed by atoms with van der Waals surface area (Å²) in [6.45, 7) is 1.87. The minimum atomic E-state index is -0.194. The zero-order chi connectivity index (χ0) is 15.8. The third-order valence-electron chi connectivity index (χ3n) is 3.76. The molecule has 2 aromatic carbocycles. The SMILES string of the molecule is Cc1nc2c(C(=O)Nc3cccc4cccnc34)cccc2[nH]1. The molecule has 4 rings (SSSR count). The summed E-state index contributed by atoms with van der Waals surface area (Å²) in [7, 11) is 0. The number of anilines is 1. The van der Waals surface area contributed by atoms with Crippen molar-refractivity contribution in [2.45, 2.75) is 6.92 Å². The molecule has 0 fully saturated rings. The summed E-state index contributed by atoms with van der Waals surface area (Å²) < 4.78 is 0. The van der Waals surface area contributed by atoms with Gasteiger partial charge in [-0.1, -0.05) is 24.3 Å². The number of carbonyl (C=O) groups excluding carboxylic acids is 1. The van der Waals surface area contributed by atoms with E-state index in [2.05, 4.69) is 20.3 Å². The lowest BCUT2D eigenvalue weighted by Crippen LogP contribution is -2.13. The summed E-state index contributed by atoms with van der Waals surface area (Å²) in [5.74, 6) is 0.590. The van der Waals surface area contributed by atoms with Gasteiger partial charge in [0.2, 0.25) is 0 Å². The molecule has 0 aliphatic heterocycles. The number of hydrogen-bond donors (Lipinski definition) is 2. The Morgan fingerprint density at radius 3 is 2.78 bits per heavy atom. The Bertz CT molecular complexity index is 1030. The van der Waals surface area contributed by atoms with Crippen LogP contribution in [0.5, 0.6) is 0 Å². The minimum absolute atomic E-state index is 0.194. The summed E-state index contributed by atoms with van der Waals surface area (Å²) in [4.78, 5) is 24.6. The van der Waals surface area contributed by atoms with E-state index in [9.17, 15) is 4.79 Å². The summed E-state index contributed by atoms with van der Waals surface area (Å²) >= 11 is 0. The first-order valence-electron chi connectivity index (χ1n) is 7.33. The van der Waals surface area contributed by atoms with Crippen LogP contribution in [0, 0.1) is 6.92 Å². The Morgan fingerprint density at radius 1 is 1.04 bits per heavy atom. The molecule has 5 nitrogen and oxygen atoms in total. The quantitative estimate of drug-likeness (QED) is 0.593. The third-order valence-corrected chi connectivity index (χ3v) is 3.76. The van der Waals surface area contributed by atoms with Crippen LogP contribution in [0.4, 0.5) is 5.69 Å². The van der Waals surface area contributed by atoms with Gasteiger partial charge in [0.1, 0.15) is 11.3 Å². The van der Waals surface area contributed by atoms with Crippen molar-refractivity contribution in [1.29, 1.82) is 0 Å². The van der Waals surface area contributed by atoms with E-state index in [4.69, 9.17) is 0 Å². The number of H-pyrrole nitrogens is 1. The number of aryl methyl sites for hydroxylation is 1. The van der Waals surface area contributed by atoms with E-state index in [1.165, 1.54) is 0 Å². The van der Waals surface area contributed by atoms with Crippen LogP contribution in [0.1, 0.15) is 16.2 Å². The summed E-state index contributed by atoms with van der Waals surface area (Å²) in [5.41, 5.74) is 3.53. The standard InChI is InChI=1S/C18H14N4O/c1-11-20-15-9-3-7-13(17(15)21-11)18(23)22-14-8-2-5-12-6-4-10-19-16(12)14/h2-10H,1H3,(H,20,21)(H,22,23). The highest BCUT2D eigenvalue weighted by Gasteiger charge is 2.14. The zero-order valence-corrected chi connectivity index (χ0v) is 12.5. The average Bonchev–Trinajstić information content (AvgIpc) is 2.95. The molecule has 23 heavy (non-hydrogen) atoms. The molecule has 0 spiro atoms. The van der Waals surface area contributed by atoms with Gasteiger partial charge in [-0.25, -0.2) is 4.98 Å². The van der Waals surface area contributed by atoms with Crippen molar-refractivity contribution in [3.63, 3.8) is 0 Å². The number of pyridine rings is 1. The van der Waals surface area contributed by atoms with Crippen LogP contribution < -0.4 is 5.32 Å². The number of benzene rings is 2. The van der Waals surface area contributed by atoms with Crippen molar-refractivity contribution >= 4 is 33.5 Å². The van der Waals surface area contributed by atoms with E-state index in [-0.39, 0.29) is 5.91 Å². The van der Waals surface area contributed by atoms with Crippen molar-refractivity contribution in [2.75, 3.05) is 5.32 Å². The molecular weight excluding hydrogens is 288 g/mol. The highest BCUT2D eigenvalue weighted by Crippen LogP contribution is 2.23. The smallest absolute Gasteiger partial charge is 0.257 e. The van der Waals surface area contributed by atoms with Gasteiger partial charge in [-0.3, -0.25) is 9.78 Å². The molecule has 4 aromatic rings.